The topological polar surface area (TPSA) is 64.8 Å². The van der Waals surface area contributed by atoms with Crippen molar-refractivity contribution in [3.63, 3.8) is 0 Å². The highest BCUT2D eigenvalue weighted by Crippen LogP contribution is 2.39. The molecule has 40 heavy (non-hydrogen) atoms. The Balaban J connectivity index is 0.00000370. The summed E-state index contributed by atoms with van der Waals surface area (Å²) < 4.78 is 42.4. The first-order valence-corrected chi connectivity index (χ1v) is 13.5. The van der Waals surface area contributed by atoms with Crippen LogP contribution >= 0.6 is 24.0 Å². The maximum absolute atomic E-state index is 13.9. The number of aromatic carboxylic acids is 1. The molecule has 3 heterocycles. The fourth-order valence-corrected chi connectivity index (χ4v) is 5.80. The minimum absolute atomic E-state index is 0. The highest BCUT2D eigenvalue weighted by Gasteiger charge is 2.42. The molecule has 0 bridgehead atoms. The maximum atomic E-state index is 13.9. The van der Waals surface area contributed by atoms with Crippen LogP contribution in [0, 0.1) is 0 Å². The van der Waals surface area contributed by atoms with Crippen LogP contribution in [0.1, 0.15) is 41.9 Å². The molecule has 1 unspecified atom stereocenters. The van der Waals surface area contributed by atoms with E-state index in [4.69, 9.17) is 11.6 Å². The van der Waals surface area contributed by atoms with Crippen LogP contribution in [0.5, 0.6) is 0 Å². The summed E-state index contributed by atoms with van der Waals surface area (Å²) in [5, 5.41) is 13.7. The number of hydrogen-bond acceptors (Lipinski definition) is 5. The van der Waals surface area contributed by atoms with Gasteiger partial charge in [0.05, 0.1) is 12.2 Å². The van der Waals surface area contributed by atoms with Crippen molar-refractivity contribution in [1.82, 2.24) is 14.7 Å². The molecule has 2 fully saturated rings. The molecule has 0 aliphatic carbocycles. The number of carbonyl (C=O) groups is 1. The summed E-state index contributed by atoms with van der Waals surface area (Å²) in [7, 11) is 0. The van der Waals surface area contributed by atoms with Gasteiger partial charge < -0.3 is 19.8 Å². The first-order chi connectivity index (χ1) is 18.7. The molecule has 3 aromatic rings. The molecular formula is C28H32Cl2F3N5O2. The number of benzene rings is 2. The Bertz CT molecular complexity index is 1320. The lowest BCUT2D eigenvalue weighted by molar-refractivity contribution is -0.145. The Kier molecular flexibility index (Phi) is 9.22. The molecule has 2 aliphatic rings. The maximum Gasteiger partial charge on any atom is 0.433 e. The Morgan fingerprint density at radius 3 is 2.38 bits per heavy atom. The first kappa shape index (κ1) is 30.0. The molecule has 0 spiro atoms. The van der Waals surface area contributed by atoms with Gasteiger partial charge in [0.2, 0.25) is 0 Å². The van der Waals surface area contributed by atoms with Crippen molar-refractivity contribution in [3.05, 3.63) is 64.9 Å². The molecule has 12 heteroatoms. The van der Waals surface area contributed by atoms with Gasteiger partial charge in [-0.05, 0) is 49.2 Å². The Morgan fingerprint density at radius 2 is 1.75 bits per heavy atom. The Morgan fingerprint density at radius 1 is 1.05 bits per heavy atom. The van der Waals surface area contributed by atoms with E-state index in [2.05, 4.69) is 46.1 Å². The summed E-state index contributed by atoms with van der Waals surface area (Å²) in [4.78, 5) is 18.3. The molecular weight excluding hydrogens is 566 g/mol. The average Bonchev–Trinajstić information content (AvgIpc) is 3.40. The standard InChI is InChI=1S/C28H31ClF3N5O2.ClH/c1-2-34-12-14-35(15-13-34)21-8-5-19(6-9-21)23-10-7-20(29)16-25(23)36-11-3-4-22(18-36)37-26(28(30,31)32)24(17-33-37)27(38)39;/h5-10,16-17,22H,2-4,11-15,18H2,1H3,(H,38,39);1H. The second-order valence-electron chi connectivity index (χ2n) is 10.0. The number of likely N-dealkylation sites (N-methyl/N-ethyl adjacent to an activating group) is 1. The summed E-state index contributed by atoms with van der Waals surface area (Å²) in [6, 6.07) is 13.3. The SMILES string of the molecule is CCN1CCN(c2ccc(-c3ccc(Cl)cc3N3CCCC(n4ncc(C(=O)O)c4C(F)(F)F)C3)cc2)CC1.Cl. The zero-order valence-corrected chi connectivity index (χ0v) is 23.6. The van der Waals surface area contributed by atoms with Crippen LogP contribution in [0.15, 0.2) is 48.7 Å². The van der Waals surface area contributed by atoms with E-state index in [0.29, 0.717) is 24.4 Å². The second-order valence-corrected chi connectivity index (χ2v) is 10.5. The van der Waals surface area contributed by atoms with Crippen LogP contribution in [0.25, 0.3) is 11.1 Å². The molecule has 1 aromatic heterocycles. The lowest BCUT2D eigenvalue weighted by atomic mass is 9.99. The van der Waals surface area contributed by atoms with E-state index in [9.17, 15) is 23.1 Å². The number of hydrogen-bond donors (Lipinski definition) is 1. The smallest absolute Gasteiger partial charge is 0.433 e. The molecule has 2 aliphatic heterocycles. The van der Waals surface area contributed by atoms with Crippen LogP contribution in [0.2, 0.25) is 5.02 Å². The monoisotopic (exact) mass is 597 g/mol. The van der Waals surface area contributed by atoms with E-state index in [1.165, 1.54) is 0 Å². The largest absolute Gasteiger partial charge is 0.478 e. The van der Waals surface area contributed by atoms with Crippen molar-refractivity contribution in [1.29, 1.82) is 0 Å². The van der Waals surface area contributed by atoms with Crippen LogP contribution < -0.4 is 9.80 Å². The summed E-state index contributed by atoms with van der Waals surface area (Å²) in [6.45, 7) is 8.15. The number of piperazine rings is 1. The number of nitrogens with zero attached hydrogens (tertiary/aromatic N) is 5. The van der Waals surface area contributed by atoms with Crippen LogP contribution in [0.4, 0.5) is 24.5 Å². The number of aromatic nitrogens is 2. The number of piperidine rings is 1. The number of carboxylic acids is 1. The van der Waals surface area contributed by atoms with Crippen molar-refractivity contribution in [2.24, 2.45) is 0 Å². The predicted molar refractivity (Wildman–Crippen MR) is 153 cm³/mol. The van der Waals surface area contributed by atoms with Crippen LogP contribution in [0.3, 0.4) is 0 Å². The lowest BCUT2D eigenvalue weighted by Crippen LogP contribution is -2.46. The molecule has 2 aromatic carbocycles. The van der Waals surface area contributed by atoms with Crippen molar-refractivity contribution in [2.45, 2.75) is 32.0 Å². The highest BCUT2D eigenvalue weighted by atomic mass is 35.5. The summed E-state index contributed by atoms with van der Waals surface area (Å²) >= 11 is 6.38. The van der Waals surface area contributed by atoms with E-state index >= 15 is 0 Å². The van der Waals surface area contributed by atoms with Crippen molar-refractivity contribution < 1.29 is 23.1 Å². The van der Waals surface area contributed by atoms with Gasteiger partial charge in [-0.2, -0.15) is 18.3 Å². The van der Waals surface area contributed by atoms with Gasteiger partial charge in [0.25, 0.3) is 0 Å². The van der Waals surface area contributed by atoms with E-state index in [0.717, 1.165) is 66.1 Å². The van der Waals surface area contributed by atoms with E-state index < -0.39 is 29.4 Å². The number of anilines is 2. The fourth-order valence-electron chi connectivity index (χ4n) is 5.64. The molecule has 5 rings (SSSR count). The lowest BCUT2D eigenvalue weighted by Gasteiger charge is -2.36. The molecule has 1 atom stereocenters. The first-order valence-electron chi connectivity index (χ1n) is 13.2. The Hall–Kier alpha value is -2.95. The molecule has 0 radical (unpaired) electrons. The fraction of sp³-hybridized carbons (Fsp3) is 0.429. The minimum atomic E-state index is -4.83. The summed E-state index contributed by atoms with van der Waals surface area (Å²) in [6.07, 6.45) is -2.97. The van der Waals surface area contributed by atoms with Crippen molar-refractivity contribution in [2.75, 3.05) is 55.6 Å². The third-order valence-electron chi connectivity index (χ3n) is 7.70. The van der Waals surface area contributed by atoms with Gasteiger partial charge in [-0.3, -0.25) is 4.68 Å². The molecule has 216 valence electrons. The van der Waals surface area contributed by atoms with Crippen molar-refractivity contribution in [3.8, 4) is 11.1 Å². The van der Waals surface area contributed by atoms with Crippen LogP contribution in [-0.2, 0) is 6.18 Å². The summed E-state index contributed by atoms with van der Waals surface area (Å²) in [5.74, 6) is -1.64. The average molecular weight is 598 g/mol. The molecule has 0 saturated carbocycles. The van der Waals surface area contributed by atoms with Gasteiger partial charge in [-0.15, -0.1) is 12.4 Å². The molecule has 2 saturated heterocycles. The van der Waals surface area contributed by atoms with E-state index in [1.807, 2.05) is 23.1 Å². The Labute approximate surface area is 242 Å². The molecule has 1 N–H and O–H groups in total. The molecule has 0 amide bonds. The number of halogens is 5. The number of alkyl halides is 3. The van der Waals surface area contributed by atoms with Gasteiger partial charge in [-0.25, -0.2) is 4.79 Å². The van der Waals surface area contributed by atoms with Crippen molar-refractivity contribution >= 4 is 41.4 Å². The molecule has 7 nitrogen and oxygen atoms in total. The van der Waals surface area contributed by atoms with Gasteiger partial charge in [0, 0.05) is 61.2 Å². The van der Waals surface area contributed by atoms with Gasteiger partial charge in [-0.1, -0.05) is 36.7 Å². The number of rotatable bonds is 6. The quantitative estimate of drug-likeness (QED) is 0.358. The normalized spacial score (nSPS) is 18.5. The highest BCUT2D eigenvalue weighted by molar-refractivity contribution is 6.31. The third-order valence-corrected chi connectivity index (χ3v) is 7.94. The van der Waals surface area contributed by atoms with Gasteiger partial charge in [0.1, 0.15) is 5.56 Å². The van der Waals surface area contributed by atoms with Crippen LogP contribution in [-0.4, -0.2) is 71.6 Å². The van der Waals surface area contributed by atoms with Gasteiger partial charge in [0.15, 0.2) is 5.69 Å². The zero-order chi connectivity index (χ0) is 27.7. The summed E-state index contributed by atoms with van der Waals surface area (Å²) in [5.41, 5.74) is 1.86. The third kappa shape index (κ3) is 6.19. The predicted octanol–water partition coefficient (Wildman–Crippen LogP) is 6.33. The van der Waals surface area contributed by atoms with Gasteiger partial charge >= 0.3 is 12.1 Å². The van der Waals surface area contributed by atoms with E-state index in [-0.39, 0.29) is 19.0 Å². The minimum Gasteiger partial charge on any atom is -0.478 e. The van der Waals surface area contributed by atoms with E-state index in [1.54, 1.807) is 0 Å². The second kappa shape index (κ2) is 12.3. The number of carboxylic acid groups (broad SMARTS) is 1. The zero-order valence-electron chi connectivity index (χ0n) is 22.1.